The van der Waals surface area contributed by atoms with Crippen molar-refractivity contribution < 1.29 is 9.53 Å². The first-order valence-electron chi connectivity index (χ1n) is 6.98. The molecule has 0 aromatic heterocycles. The number of carbonyl (C=O) groups excluding carboxylic acids is 1. The molecule has 0 N–H and O–H groups in total. The average Bonchev–Trinajstić information content (AvgIpc) is 2.46. The lowest BCUT2D eigenvalue weighted by Crippen LogP contribution is -2.04. The number of aryl methyl sites for hydroxylation is 1. The minimum atomic E-state index is -0.297. The molecule has 0 radical (unpaired) electrons. The van der Waals surface area contributed by atoms with Crippen LogP contribution in [0.1, 0.15) is 29.8 Å². The molecule has 21 heavy (non-hydrogen) atoms. The fourth-order valence-electron chi connectivity index (χ4n) is 2.25. The van der Waals surface area contributed by atoms with Crippen LogP contribution in [-0.4, -0.2) is 18.3 Å². The molecule has 3 heteroatoms. The third-order valence-electron chi connectivity index (χ3n) is 3.20. The summed E-state index contributed by atoms with van der Waals surface area (Å²) in [5, 5.41) is 0.499. The van der Waals surface area contributed by atoms with Crippen LogP contribution >= 0.6 is 11.8 Å². The second kappa shape index (κ2) is 6.81. The second-order valence-electron chi connectivity index (χ2n) is 5.18. The molecule has 2 nitrogen and oxygen atoms in total. The summed E-state index contributed by atoms with van der Waals surface area (Å²) in [6.45, 7) is 6.37. The van der Waals surface area contributed by atoms with Gasteiger partial charge in [-0.25, -0.2) is 4.79 Å². The maximum absolute atomic E-state index is 12.0. The number of benzene rings is 2. The van der Waals surface area contributed by atoms with Crippen LogP contribution in [0.15, 0.2) is 47.4 Å². The Morgan fingerprint density at radius 3 is 2.43 bits per heavy atom. The Labute approximate surface area is 130 Å². The molecule has 0 heterocycles. The van der Waals surface area contributed by atoms with Crippen LogP contribution in [-0.2, 0) is 4.74 Å². The quantitative estimate of drug-likeness (QED) is 0.590. The zero-order chi connectivity index (χ0) is 15.4. The molecule has 0 unspecified atom stereocenters. The van der Waals surface area contributed by atoms with Crippen molar-refractivity contribution in [2.45, 2.75) is 30.9 Å². The van der Waals surface area contributed by atoms with Gasteiger partial charge in [-0.2, -0.15) is 0 Å². The first-order chi connectivity index (χ1) is 10.0. The van der Waals surface area contributed by atoms with Crippen LogP contribution in [0.5, 0.6) is 0 Å². The minimum absolute atomic E-state index is 0.297. The van der Waals surface area contributed by atoms with Crippen molar-refractivity contribution in [2.75, 3.05) is 7.11 Å². The van der Waals surface area contributed by atoms with Crippen molar-refractivity contribution in [3.63, 3.8) is 0 Å². The smallest absolute Gasteiger partial charge is 0.338 e. The lowest BCUT2D eigenvalue weighted by atomic mass is 9.96. The predicted molar refractivity (Wildman–Crippen MR) is 88.9 cm³/mol. The summed E-state index contributed by atoms with van der Waals surface area (Å²) in [7, 11) is 1.42. The highest BCUT2D eigenvalue weighted by molar-refractivity contribution is 7.99. The van der Waals surface area contributed by atoms with Crippen LogP contribution in [0.3, 0.4) is 0 Å². The molecule has 0 saturated heterocycles. The maximum atomic E-state index is 12.0. The third kappa shape index (κ3) is 3.67. The second-order valence-corrected chi connectivity index (χ2v) is 6.83. The molecule has 110 valence electrons. The highest BCUT2D eigenvalue weighted by atomic mass is 32.2. The standard InChI is InChI=1S/C18H20O2S/c1-12(2)21-14-9-10-16(18(19)20-4)17(11-14)15-8-6-5-7-13(15)3/h5-12H,1-4H3. The predicted octanol–water partition coefficient (Wildman–Crippen LogP) is 4.95. The molecule has 0 fully saturated rings. The van der Waals surface area contributed by atoms with Gasteiger partial charge in [-0.3, -0.25) is 0 Å². The van der Waals surface area contributed by atoms with Crippen LogP contribution in [0.4, 0.5) is 0 Å². The van der Waals surface area contributed by atoms with Gasteiger partial charge in [-0.1, -0.05) is 38.1 Å². The van der Waals surface area contributed by atoms with E-state index in [1.165, 1.54) is 7.11 Å². The molecule has 0 saturated carbocycles. The largest absolute Gasteiger partial charge is 0.465 e. The van der Waals surface area contributed by atoms with E-state index in [2.05, 4.69) is 32.9 Å². The van der Waals surface area contributed by atoms with Crippen LogP contribution in [0.2, 0.25) is 0 Å². The van der Waals surface area contributed by atoms with Crippen molar-refractivity contribution in [3.05, 3.63) is 53.6 Å². The molecular weight excluding hydrogens is 280 g/mol. The number of hydrogen-bond acceptors (Lipinski definition) is 3. The molecule has 0 amide bonds. The van der Waals surface area contributed by atoms with E-state index >= 15 is 0 Å². The van der Waals surface area contributed by atoms with Gasteiger partial charge in [0.1, 0.15) is 0 Å². The van der Waals surface area contributed by atoms with Crippen molar-refractivity contribution in [2.24, 2.45) is 0 Å². The summed E-state index contributed by atoms with van der Waals surface area (Å²) in [5.74, 6) is -0.297. The van der Waals surface area contributed by atoms with Crippen molar-refractivity contribution >= 4 is 17.7 Å². The van der Waals surface area contributed by atoms with Gasteiger partial charge in [-0.05, 0) is 41.8 Å². The highest BCUT2D eigenvalue weighted by Gasteiger charge is 2.15. The summed E-state index contributed by atoms with van der Waals surface area (Å²) in [5.41, 5.74) is 3.77. The molecule has 0 aliphatic heterocycles. The Morgan fingerprint density at radius 2 is 1.81 bits per heavy atom. The molecule has 0 aliphatic rings. The lowest BCUT2D eigenvalue weighted by molar-refractivity contribution is 0.0601. The number of esters is 1. The molecule has 0 spiro atoms. The fraction of sp³-hybridized carbons (Fsp3) is 0.278. The molecule has 2 aromatic rings. The van der Waals surface area contributed by atoms with Gasteiger partial charge >= 0.3 is 5.97 Å². The van der Waals surface area contributed by atoms with E-state index in [0.29, 0.717) is 10.8 Å². The van der Waals surface area contributed by atoms with Crippen molar-refractivity contribution in [1.29, 1.82) is 0 Å². The number of hydrogen-bond donors (Lipinski definition) is 0. The van der Waals surface area contributed by atoms with E-state index in [-0.39, 0.29) is 5.97 Å². The van der Waals surface area contributed by atoms with Crippen LogP contribution < -0.4 is 0 Å². The zero-order valence-electron chi connectivity index (χ0n) is 12.8. The monoisotopic (exact) mass is 300 g/mol. The Kier molecular flexibility index (Phi) is 5.07. The van der Waals surface area contributed by atoms with Crippen molar-refractivity contribution in [1.82, 2.24) is 0 Å². The van der Waals surface area contributed by atoms with Gasteiger partial charge in [0.2, 0.25) is 0 Å². The normalized spacial score (nSPS) is 10.7. The fourth-order valence-corrected chi connectivity index (χ4v) is 3.13. The highest BCUT2D eigenvalue weighted by Crippen LogP contribution is 2.32. The Morgan fingerprint density at radius 1 is 1.10 bits per heavy atom. The lowest BCUT2D eigenvalue weighted by Gasteiger charge is -2.13. The third-order valence-corrected chi connectivity index (χ3v) is 4.20. The van der Waals surface area contributed by atoms with E-state index in [9.17, 15) is 4.79 Å². The zero-order valence-corrected chi connectivity index (χ0v) is 13.7. The topological polar surface area (TPSA) is 26.3 Å². The molecular formula is C18H20O2S. The average molecular weight is 300 g/mol. The van der Waals surface area contributed by atoms with Crippen LogP contribution in [0.25, 0.3) is 11.1 Å². The van der Waals surface area contributed by atoms with E-state index in [1.54, 1.807) is 11.8 Å². The summed E-state index contributed by atoms with van der Waals surface area (Å²) in [6, 6.07) is 14.0. The Bertz CT molecular complexity index is 647. The number of methoxy groups -OCH3 is 1. The van der Waals surface area contributed by atoms with E-state index in [4.69, 9.17) is 4.74 Å². The summed E-state index contributed by atoms with van der Waals surface area (Å²) < 4.78 is 4.91. The summed E-state index contributed by atoms with van der Waals surface area (Å²) >= 11 is 1.79. The van der Waals surface area contributed by atoms with E-state index in [0.717, 1.165) is 21.6 Å². The molecule has 2 aromatic carbocycles. The first-order valence-corrected chi connectivity index (χ1v) is 7.86. The number of carbonyl (C=O) groups is 1. The van der Waals surface area contributed by atoms with Crippen molar-refractivity contribution in [3.8, 4) is 11.1 Å². The van der Waals surface area contributed by atoms with Gasteiger partial charge in [0.15, 0.2) is 0 Å². The van der Waals surface area contributed by atoms with E-state index < -0.39 is 0 Å². The SMILES string of the molecule is COC(=O)c1ccc(SC(C)C)cc1-c1ccccc1C. The number of rotatable bonds is 4. The first kappa shape index (κ1) is 15.6. The summed E-state index contributed by atoms with van der Waals surface area (Å²) in [6.07, 6.45) is 0. The van der Waals surface area contributed by atoms with E-state index in [1.807, 2.05) is 30.3 Å². The Balaban J connectivity index is 2.58. The van der Waals surface area contributed by atoms with Gasteiger partial charge in [-0.15, -0.1) is 11.8 Å². The van der Waals surface area contributed by atoms with Gasteiger partial charge in [0.25, 0.3) is 0 Å². The minimum Gasteiger partial charge on any atom is -0.465 e. The molecule has 0 aliphatic carbocycles. The van der Waals surface area contributed by atoms with Crippen LogP contribution in [0, 0.1) is 6.92 Å². The maximum Gasteiger partial charge on any atom is 0.338 e. The van der Waals surface area contributed by atoms with Gasteiger partial charge in [0, 0.05) is 10.1 Å². The summed E-state index contributed by atoms with van der Waals surface area (Å²) in [4.78, 5) is 13.2. The molecule has 0 bridgehead atoms. The van der Waals surface area contributed by atoms with Gasteiger partial charge < -0.3 is 4.74 Å². The number of ether oxygens (including phenoxy) is 1. The van der Waals surface area contributed by atoms with Gasteiger partial charge in [0.05, 0.1) is 12.7 Å². The Hall–Kier alpha value is -1.74. The number of thioether (sulfide) groups is 1. The molecule has 0 atom stereocenters. The molecule has 2 rings (SSSR count).